The highest BCUT2D eigenvalue weighted by Gasteiger charge is 2.49. The van der Waals surface area contributed by atoms with Crippen LogP contribution in [0.25, 0.3) is 0 Å². The summed E-state index contributed by atoms with van der Waals surface area (Å²) in [6.45, 7) is -1.06. The van der Waals surface area contributed by atoms with E-state index in [1.165, 1.54) is 11.0 Å². The topological polar surface area (TPSA) is 58.6 Å². The van der Waals surface area contributed by atoms with E-state index in [1.807, 2.05) is 0 Å². The number of alkyl halides is 4. The van der Waals surface area contributed by atoms with Crippen molar-refractivity contribution in [2.24, 2.45) is 0 Å². The van der Waals surface area contributed by atoms with Crippen molar-refractivity contribution in [3.63, 3.8) is 0 Å². The van der Waals surface area contributed by atoms with Crippen LogP contribution in [-0.2, 0) is 17.6 Å². The standard InChI is InChI=1S/C20H17BrF4N4O2/c1-28(2)18-26-9-13(21)16(27-18)14-3-4-15-17(31-19(30)29(14)15)11-5-10(8-22)6-12(7-11)20(23,24)25/h3-7,9,14-15,17H,8H2,1-2H3/t14-,15-,17+/m0/s1. The molecular formula is C20H17BrF4N4O2. The summed E-state index contributed by atoms with van der Waals surface area (Å²) in [5.41, 5.74) is -0.514. The Hall–Kier alpha value is -2.69. The van der Waals surface area contributed by atoms with Gasteiger partial charge in [-0.15, -0.1) is 0 Å². The van der Waals surface area contributed by atoms with Crippen molar-refractivity contribution in [2.75, 3.05) is 19.0 Å². The van der Waals surface area contributed by atoms with E-state index in [1.54, 1.807) is 37.3 Å². The minimum Gasteiger partial charge on any atom is -0.439 e. The lowest BCUT2D eigenvalue weighted by atomic mass is 9.98. The number of fused-ring (bicyclic) bond motifs is 1. The van der Waals surface area contributed by atoms with E-state index in [9.17, 15) is 22.4 Å². The van der Waals surface area contributed by atoms with Gasteiger partial charge in [0.15, 0.2) is 6.10 Å². The van der Waals surface area contributed by atoms with E-state index in [0.29, 0.717) is 16.1 Å². The highest BCUT2D eigenvalue weighted by Crippen LogP contribution is 2.45. The van der Waals surface area contributed by atoms with Gasteiger partial charge >= 0.3 is 12.3 Å². The van der Waals surface area contributed by atoms with Gasteiger partial charge in [-0.25, -0.2) is 19.2 Å². The minimum atomic E-state index is -4.65. The number of cyclic esters (lactones) is 1. The van der Waals surface area contributed by atoms with E-state index in [-0.39, 0.29) is 11.1 Å². The van der Waals surface area contributed by atoms with Crippen LogP contribution in [-0.4, -0.2) is 41.1 Å². The Morgan fingerprint density at radius 2 is 1.97 bits per heavy atom. The molecule has 1 saturated heterocycles. The lowest BCUT2D eigenvalue weighted by Crippen LogP contribution is -2.32. The number of aromatic nitrogens is 2. The maximum atomic E-state index is 13.3. The van der Waals surface area contributed by atoms with Crippen LogP contribution >= 0.6 is 15.9 Å². The molecule has 0 N–H and O–H groups in total. The first-order valence-electron chi connectivity index (χ1n) is 9.24. The second kappa shape index (κ2) is 7.77. The van der Waals surface area contributed by atoms with Crippen molar-refractivity contribution in [1.82, 2.24) is 14.9 Å². The van der Waals surface area contributed by atoms with Crippen molar-refractivity contribution < 1.29 is 27.1 Å². The Morgan fingerprint density at radius 3 is 2.61 bits per heavy atom. The summed E-state index contributed by atoms with van der Waals surface area (Å²) in [6.07, 6.45) is -1.34. The van der Waals surface area contributed by atoms with Gasteiger partial charge in [0, 0.05) is 20.3 Å². The third-order valence-electron chi connectivity index (χ3n) is 5.12. The van der Waals surface area contributed by atoms with Crippen molar-refractivity contribution in [3.05, 3.63) is 63.4 Å². The SMILES string of the molecule is CN(C)c1ncc(Br)c([C@@H]2C=C[C@H]3[C@@H](c4cc(CF)cc(C(F)(F)F)c4)OC(=O)N23)n1. The van der Waals surface area contributed by atoms with Gasteiger partial charge in [-0.05, 0) is 45.3 Å². The summed E-state index contributed by atoms with van der Waals surface area (Å²) in [7, 11) is 3.55. The number of anilines is 1. The molecule has 4 rings (SSSR count). The molecule has 2 aromatic rings. The predicted octanol–water partition coefficient (Wildman–Crippen LogP) is 4.97. The molecule has 0 spiro atoms. The lowest BCUT2D eigenvalue weighted by Gasteiger charge is -2.24. The third kappa shape index (κ3) is 3.86. The van der Waals surface area contributed by atoms with Gasteiger partial charge in [0.25, 0.3) is 0 Å². The Labute approximate surface area is 183 Å². The molecule has 11 heteroatoms. The van der Waals surface area contributed by atoms with Crippen LogP contribution in [0.2, 0.25) is 0 Å². The smallest absolute Gasteiger partial charge is 0.416 e. The number of carbonyl (C=O) groups is 1. The van der Waals surface area contributed by atoms with E-state index < -0.39 is 42.7 Å². The zero-order chi connectivity index (χ0) is 22.5. The molecule has 1 aromatic carbocycles. The quantitative estimate of drug-likeness (QED) is 0.438. The lowest BCUT2D eigenvalue weighted by molar-refractivity contribution is -0.137. The predicted molar refractivity (Wildman–Crippen MR) is 107 cm³/mol. The van der Waals surface area contributed by atoms with E-state index in [0.717, 1.165) is 12.1 Å². The number of halogens is 5. The molecule has 31 heavy (non-hydrogen) atoms. The fourth-order valence-electron chi connectivity index (χ4n) is 3.72. The summed E-state index contributed by atoms with van der Waals surface area (Å²) in [4.78, 5) is 24.5. The van der Waals surface area contributed by atoms with Crippen LogP contribution in [0.1, 0.15) is 34.5 Å². The molecule has 2 aliphatic rings. The molecule has 0 radical (unpaired) electrons. The van der Waals surface area contributed by atoms with Gasteiger partial charge in [0.1, 0.15) is 6.67 Å². The van der Waals surface area contributed by atoms with Gasteiger partial charge in [-0.1, -0.05) is 12.2 Å². The number of carbonyl (C=O) groups excluding carboxylic acids is 1. The molecule has 2 aliphatic heterocycles. The fraction of sp³-hybridized carbons (Fsp3) is 0.350. The van der Waals surface area contributed by atoms with Crippen LogP contribution < -0.4 is 4.90 Å². The van der Waals surface area contributed by atoms with Crippen LogP contribution in [0.3, 0.4) is 0 Å². The zero-order valence-electron chi connectivity index (χ0n) is 16.4. The summed E-state index contributed by atoms with van der Waals surface area (Å²) in [5, 5.41) is 0. The maximum absolute atomic E-state index is 13.3. The Balaban J connectivity index is 1.70. The molecule has 0 saturated carbocycles. The number of hydrogen-bond acceptors (Lipinski definition) is 5. The molecule has 3 atom stereocenters. The van der Waals surface area contributed by atoms with Crippen LogP contribution in [0.4, 0.5) is 28.3 Å². The van der Waals surface area contributed by atoms with Gasteiger partial charge in [-0.2, -0.15) is 13.2 Å². The first kappa shape index (κ1) is 21.5. The molecule has 0 unspecified atom stereocenters. The number of ether oxygens (including phenoxy) is 1. The number of benzene rings is 1. The number of nitrogens with zero attached hydrogens (tertiary/aromatic N) is 4. The first-order chi connectivity index (χ1) is 14.6. The summed E-state index contributed by atoms with van der Waals surface area (Å²) >= 11 is 3.39. The Bertz CT molecular complexity index is 1060. The second-order valence-corrected chi connectivity index (χ2v) is 8.28. The second-order valence-electron chi connectivity index (χ2n) is 7.42. The average molecular weight is 501 g/mol. The number of amides is 1. The number of rotatable bonds is 4. The molecule has 1 amide bonds. The highest BCUT2D eigenvalue weighted by atomic mass is 79.9. The maximum Gasteiger partial charge on any atom is 0.416 e. The summed E-state index contributed by atoms with van der Waals surface area (Å²) in [5.74, 6) is 0.435. The van der Waals surface area contributed by atoms with Crippen LogP contribution in [0, 0.1) is 0 Å². The normalized spacial score (nSPS) is 22.6. The van der Waals surface area contributed by atoms with Crippen molar-refractivity contribution >= 4 is 28.0 Å². The van der Waals surface area contributed by atoms with Crippen molar-refractivity contribution in [1.29, 1.82) is 0 Å². The van der Waals surface area contributed by atoms with Gasteiger partial charge < -0.3 is 9.64 Å². The van der Waals surface area contributed by atoms with Gasteiger partial charge in [0.05, 0.1) is 27.8 Å². The largest absolute Gasteiger partial charge is 0.439 e. The van der Waals surface area contributed by atoms with E-state index in [2.05, 4.69) is 25.9 Å². The minimum absolute atomic E-state index is 0.0874. The van der Waals surface area contributed by atoms with Crippen LogP contribution in [0.15, 0.2) is 41.0 Å². The molecule has 0 aliphatic carbocycles. The first-order valence-corrected chi connectivity index (χ1v) is 10.0. The van der Waals surface area contributed by atoms with E-state index in [4.69, 9.17) is 4.74 Å². The molecule has 6 nitrogen and oxygen atoms in total. The Morgan fingerprint density at radius 1 is 1.23 bits per heavy atom. The molecule has 1 aromatic heterocycles. The summed E-state index contributed by atoms with van der Waals surface area (Å²) < 4.78 is 59.0. The van der Waals surface area contributed by atoms with Crippen molar-refractivity contribution in [2.45, 2.75) is 31.0 Å². The van der Waals surface area contributed by atoms with Gasteiger partial charge in [-0.3, -0.25) is 4.90 Å². The fourth-order valence-corrected chi connectivity index (χ4v) is 4.14. The van der Waals surface area contributed by atoms with Gasteiger partial charge in [0.2, 0.25) is 5.95 Å². The number of hydrogen-bond donors (Lipinski definition) is 0. The third-order valence-corrected chi connectivity index (χ3v) is 5.74. The molecular weight excluding hydrogens is 484 g/mol. The molecule has 0 bridgehead atoms. The molecule has 1 fully saturated rings. The highest BCUT2D eigenvalue weighted by molar-refractivity contribution is 9.10. The molecule has 3 heterocycles. The zero-order valence-corrected chi connectivity index (χ0v) is 18.0. The monoisotopic (exact) mass is 500 g/mol. The Kier molecular flexibility index (Phi) is 5.40. The summed E-state index contributed by atoms with van der Waals surface area (Å²) in [6, 6.07) is 1.70. The average Bonchev–Trinajstić information content (AvgIpc) is 3.28. The molecule has 164 valence electrons. The van der Waals surface area contributed by atoms with Crippen LogP contribution in [0.5, 0.6) is 0 Å². The van der Waals surface area contributed by atoms with E-state index >= 15 is 0 Å². The van der Waals surface area contributed by atoms with Crippen molar-refractivity contribution in [3.8, 4) is 0 Å².